The van der Waals surface area contributed by atoms with Crippen molar-refractivity contribution < 1.29 is 18.7 Å². The molecule has 1 aromatic heterocycles. The Morgan fingerprint density at radius 3 is 3.04 bits per heavy atom. The number of carbonyl (C=O) groups is 1. The Bertz CT molecular complexity index is 723. The molecule has 126 valence electrons. The highest BCUT2D eigenvalue weighted by molar-refractivity contribution is 5.95. The van der Waals surface area contributed by atoms with Crippen LogP contribution in [0.4, 0.5) is 4.39 Å². The summed E-state index contributed by atoms with van der Waals surface area (Å²) in [5.41, 5.74) is 1.21. The number of halogens is 1. The SMILES string of the molecule is Cc1ncccc1C(=O)N[C@@H]1CCOC[C@H]1Oc1cccc(F)c1. The molecule has 24 heavy (non-hydrogen) atoms. The van der Waals surface area contributed by atoms with Crippen LogP contribution < -0.4 is 10.1 Å². The number of amides is 1. The number of aryl methyl sites for hydroxylation is 1. The van der Waals surface area contributed by atoms with Crippen molar-refractivity contribution >= 4 is 5.91 Å². The Morgan fingerprint density at radius 2 is 2.25 bits per heavy atom. The minimum Gasteiger partial charge on any atom is -0.486 e. The molecular weight excluding hydrogens is 311 g/mol. The smallest absolute Gasteiger partial charge is 0.253 e. The third-order valence-electron chi connectivity index (χ3n) is 3.96. The van der Waals surface area contributed by atoms with Gasteiger partial charge in [0.05, 0.1) is 18.2 Å². The molecule has 5 nitrogen and oxygen atoms in total. The predicted molar refractivity (Wildman–Crippen MR) is 86.5 cm³/mol. The normalized spacial score (nSPS) is 20.4. The van der Waals surface area contributed by atoms with Gasteiger partial charge in [-0.15, -0.1) is 0 Å². The summed E-state index contributed by atoms with van der Waals surface area (Å²) in [6.07, 6.45) is 1.91. The number of carbonyl (C=O) groups excluding carboxylic acids is 1. The number of nitrogens with one attached hydrogen (secondary N) is 1. The third kappa shape index (κ3) is 3.89. The summed E-state index contributed by atoms with van der Waals surface area (Å²) < 4.78 is 24.6. The first-order chi connectivity index (χ1) is 11.6. The molecule has 1 aromatic carbocycles. The quantitative estimate of drug-likeness (QED) is 0.936. The molecule has 0 saturated carbocycles. The van der Waals surface area contributed by atoms with Crippen LogP contribution in [-0.2, 0) is 4.74 Å². The fourth-order valence-electron chi connectivity index (χ4n) is 2.68. The van der Waals surface area contributed by atoms with E-state index in [1.54, 1.807) is 37.4 Å². The third-order valence-corrected chi connectivity index (χ3v) is 3.96. The van der Waals surface area contributed by atoms with Crippen molar-refractivity contribution in [3.8, 4) is 5.75 Å². The van der Waals surface area contributed by atoms with Gasteiger partial charge >= 0.3 is 0 Å². The van der Waals surface area contributed by atoms with E-state index in [4.69, 9.17) is 9.47 Å². The number of rotatable bonds is 4. The zero-order valence-electron chi connectivity index (χ0n) is 13.4. The van der Waals surface area contributed by atoms with Gasteiger partial charge in [0.15, 0.2) is 0 Å². The van der Waals surface area contributed by atoms with Crippen LogP contribution in [0.2, 0.25) is 0 Å². The maximum Gasteiger partial charge on any atom is 0.253 e. The van der Waals surface area contributed by atoms with Crippen LogP contribution in [0, 0.1) is 12.7 Å². The monoisotopic (exact) mass is 330 g/mol. The van der Waals surface area contributed by atoms with Gasteiger partial charge in [0, 0.05) is 24.6 Å². The van der Waals surface area contributed by atoms with Gasteiger partial charge in [-0.2, -0.15) is 0 Å². The van der Waals surface area contributed by atoms with Crippen molar-refractivity contribution in [3.05, 3.63) is 59.7 Å². The number of ether oxygens (including phenoxy) is 2. The molecule has 0 unspecified atom stereocenters. The molecule has 2 atom stereocenters. The zero-order chi connectivity index (χ0) is 16.9. The fraction of sp³-hybridized carbons (Fsp3) is 0.333. The van der Waals surface area contributed by atoms with Crippen LogP contribution in [0.3, 0.4) is 0 Å². The minimum atomic E-state index is -0.374. The van der Waals surface area contributed by atoms with Crippen molar-refractivity contribution in [2.45, 2.75) is 25.5 Å². The first kappa shape index (κ1) is 16.4. The van der Waals surface area contributed by atoms with Crippen LogP contribution >= 0.6 is 0 Å². The van der Waals surface area contributed by atoms with Crippen molar-refractivity contribution in [1.29, 1.82) is 0 Å². The van der Waals surface area contributed by atoms with Crippen molar-refractivity contribution in [2.75, 3.05) is 13.2 Å². The lowest BCUT2D eigenvalue weighted by atomic mass is 10.0. The van der Waals surface area contributed by atoms with Crippen LogP contribution in [0.1, 0.15) is 22.5 Å². The second-order valence-electron chi connectivity index (χ2n) is 5.69. The molecule has 0 spiro atoms. The Balaban J connectivity index is 1.70. The van der Waals surface area contributed by atoms with E-state index in [0.29, 0.717) is 36.6 Å². The van der Waals surface area contributed by atoms with Gasteiger partial charge in [0.1, 0.15) is 17.7 Å². The lowest BCUT2D eigenvalue weighted by Gasteiger charge is -2.32. The van der Waals surface area contributed by atoms with Gasteiger partial charge in [-0.1, -0.05) is 6.07 Å². The molecule has 2 aromatic rings. The summed E-state index contributed by atoms with van der Waals surface area (Å²) in [7, 11) is 0. The Labute approximate surface area is 139 Å². The summed E-state index contributed by atoms with van der Waals surface area (Å²) in [5, 5.41) is 2.98. The van der Waals surface area contributed by atoms with E-state index in [-0.39, 0.29) is 23.9 Å². The Kier molecular flexibility index (Phi) is 5.05. The van der Waals surface area contributed by atoms with Crippen LogP contribution in [-0.4, -0.2) is 36.3 Å². The van der Waals surface area contributed by atoms with E-state index >= 15 is 0 Å². The fourth-order valence-corrected chi connectivity index (χ4v) is 2.68. The highest BCUT2D eigenvalue weighted by Gasteiger charge is 2.29. The van der Waals surface area contributed by atoms with Gasteiger partial charge in [-0.25, -0.2) is 4.39 Å². The lowest BCUT2D eigenvalue weighted by Crippen LogP contribution is -2.51. The van der Waals surface area contributed by atoms with E-state index in [0.717, 1.165) is 0 Å². The zero-order valence-corrected chi connectivity index (χ0v) is 13.4. The summed E-state index contributed by atoms with van der Waals surface area (Å²) in [5.74, 6) is -0.140. The molecule has 6 heteroatoms. The first-order valence-electron chi connectivity index (χ1n) is 7.86. The van der Waals surface area contributed by atoms with Gasteiger partial charge in [0.25, 0.3) is 5.91 Å². The van der Waals surface area contributed by atoms with Crippen molar-refractivity contribution in [1.82, 2.24) is 10.3 Å². The van der Waals surface area contributed by atoms with E-state index in [9.17, 15) is 9.18 Å². The standard InChI is InChI=1S/C18H19FN2O3/c1-12-15(6-3-8-20-12)18(22)21-16-7-9-23-11-17(16)24-14-5-2-4-13(19)10-14/h2-6,8,10,16-17H,7,9,11H2,1H3,(H,21,22)/t16-,17-/m1/s1. The minimum absolute atomic E-state index is 0.194. The number of aromatic nitrogens is 1. The molecule has 3 rings (SSSR count). The molecule has 1 fully saturated rings. The molecule has 1 aliphatic heterocycles. The lowest BCUT2D eigenvalue weighted by molar-refractivity contribution is -0.0136. The Hall–Kier alpha value is -2.47. The molecule has 1 aliphatic rings. The van der Waals surface area contributed by atoms with E-state index in [2.05, 4.69) is 10.3 Å². The molecule has 0 radical (unpaired) electrons. The van der Waals surface area contributed by atoms with Crippen molar-refractivity contribution in [3.63, 3.8) is 0 Å². The average molecular weight is 330 g/mol. The largest absolute Gasteiger partial charge is 0.486 e. The second kappa shape index (κ2) is 7.40. The van der Waals surface area contributed by atoms with Crippen LogP contribution in [0.25, 0.3) is 0 Å². The summed E-state index contributed by atoms with van der Waals surface area (Å²) in [6, 6.07) is 9.19. The number of pyridine rings is 1. The molecule has 1 saturated heterocycles. The molecule has 2 heterocycles. The van der Waals surface area contributed by atoms with Gasteiger partial charge in [0.2, 0.25) is 0 Å². The van der Waals surface area contributed by atoms with E-state index < -0.39 is 0 Å². The van der Waals surface area contributed by atoms with Crippen LogP contribution in [0.15, 0.2) is 42.6 Å². The maximum absolute atomic E-state index is 13.3. The highest BCUT2D eigenvalue weighted by atomic mass is 19.1. The Morgan fingerprint density at radius 1 is 1.38 bits per heavy atom. The molecule has 0 aliphatic carbocycles. The first-order valence-corrected chi connectivity index (χ1v) is 7.86. The number of benzene rings is 1. The number of nitrogens with zero attached hydrogens (tertiary/aromatic N) is 1. The predicted octanol–water partition coefficient (Wildman–Crippen LogP) is 2.50. The second-order valence-corrected chi connectivity index (χ2v) is 5.69. The molecule has 1 amide bonds. The highest BCUT2D eigenvalue weighted by Crippen LogP contribution is 2.19. The van der Waals surface area contributed by atoms with Gasteiger partial charge < -0.3 is 14.8 Å². The average Bonchev–Trinajstić information content (AvgIpc) is 2.57. The van der Waals surface area contributed by atoms with Gasteiger partial charge in [-0.05, 0) is 37.6 Å². The van der Waals surface area contributed by atoms with Crippen LogP contribution in [0.5, 0.6) is 5.75 Å². The summed E-state index contributed by atoms with van der Waals surface area (Å²) in [6.45, 7) is 2.67. The summed E-state index contributed by atoms with van der Waals surface area (Å²) >= 11 is 0. The van der Waals surface area contributed by atoms with E-state index in [1.165, 1.54) is 12.1 Å². The molecule has 1 N–H and O–H groups in total. The number of hydrogen-bond acceptors (Lipinski definition) is 4. The van der Waals surface area contributed by atoms with Gasteiger partial charge in [-0.3, -0.25) is 9.78 Å². The summed E-state index contributed by atoms with van der Waals surface area (Å²) in [4.78, 5) is 16.6. The molecular formula is C18H19FN2O3. The topological polar surface area (TPSA) is 60.5 Å². The maximum atomic E-state index is 13.3. The number of hydrogen-bond donors (Lipinski definition) is 1. The van der Waals surface area contributed by atoms with Crippen molar-refractivity contribution in [2.24, 2.45) is 0 Å². The van der Waals surface area contributed by atoms with E-state index in [1.807, 2.05) is 0 Å². The molecule has 0 bridgehead atoms.